The van der Waals surface area contributed by atoms with Crippen LogP contribution in [0.15, 0.2) is 24.3 Å². The summed E-state index contributed by atoms with van der Waals surface area (Å²) in [5, 5.41) is 9.36. The highest BCUT2D eigenvalue weighted by Crippen LogP contribution is 2.24. The fraction of sp³-hybridized carbons (Fsp3) is 0.467. The van der Waals surface area contributed by atoms with Crippen LogP contribution < -0.4 is 5.73 Å². The van der Waals surface area contributed by atoms with Crippen LogP contribution in [0.5, 0.6) is 0 Å². The molecule has 3 N–H and O–H groups in total. The van der Waals surface area contributed by atoms with Crippen LogP contribution in [0.2, 0.25) is 0 Å². The smallest absolute Gasteiger partial charge is 0.326 e. The van der Waals surface area contributed by atoms with Gasteiger partial charge in [-0.3, -0.25) is 4.79 Å². The Morgan fingerprint density at radius 2 is 2.05 bits per heavy atom. The number of hydrogen-bond acceptors (Lipinski definition) is 3. The standard InChI is InChI=1S/C15H20N2O3/c1-2-5-12(16)14(18)17-9-11-7-4-3-6-10(11)8-13(17)15(19)20/h3-4,6-7,12-13H,2,5,8-9,16H2,1H3,(H,19,20)/t12-,13?/m0/s1. The molecule has 108 valence electrons. The molecule has 1 aromatic carbocycles. The molecule has 0 bridgehead atoms. The van der Waals surface area contributed by atoms with Gasteiger partial charge in [-0.15, -0.1) is 0 Å². The Balaban J connectivity index is 2.26. The molecule has 1 amide bonds. The summed E-state index contributed by atoms with van der Waals surface area (Å²) in [5.41, 5.74) is 7.85. The number of carboxylic acid groups (broad SMARTS) is 1. The van der Waals surface area contributed by atoms with Gasteiger partial charge in [-0.05, 0) is 17.5 Å². The zero-order valence-electron chi connectivity index (χ0n) is 11.6. The summed E-state index contributed by atoms with van der Waals surface area (Å²) < 4.78 is 0. The third-order valence-electron chi connectivity index (χ3n) is 3.73. The number of benzene rings is 1. The van der Waals surface area contributed by atoms with Crippen molar-refractivity contribution in [3.05, 3.63) is 35.4 Å². The van der Waals surface area contributed by atoms with Crippen LogP contribution >= 0.6 is 0 Å². The number of carboxylic acids is 1. The molecule has 0 aliphatic carbocycles. The highest BCUT2D eigenvalue weighted by atomic mass is 16.4. The zero-order chi connectivity index (χ0) is 14.7. The van der Waals surface area contributed by atoms with E-state index in [4.69, 9.17) is 5.73 Å². The van der Waals surface area contributed by atoms with E-state index in [0.717, 1.165) is 17.5 Å². The van der Waals surface area contributed by atoms with E-state index in [1.165, 1.54) is 4.90 Å². The summed E-state index contributed by atoms with van der Waals surface area (Å²) in [4.78, 5) is 25.2. The molecule has 0 spiro atoms. The number of rotatable bonds is 4. The maximum Gasteiger partial charge on any atom is 0.326 e. The first-order valence-corrected chi connectivity index (χ1v) is 6.90. The second kappa shape index (κ2) is 6.05. The van der Waals surface area contributed by atoms with E-state index < -0.39 is 18.1 Å². The molecule has 1 aliphatic heterocycles. The summed E-state index contributed by atoms with van der Waals surface area (Å²) in [6.07, 6.45) is 1.72. The van der Waals surface area contributed by atoms with Crippen LogP contribution in [-0.4, -0.2) is 34.0 Å². The van der Waals surface area contributed by atoms with Crippen molar-refractivity contribution in [3.63, 3.8) is 0 Å². The Labute approximate surface area is 118 Å². The van der Waals surface area contributed by atoms with Crippen LogP contribution in [0, 0.1) is 0 Å². The minimum atomic E-state index is -0.975. The molecule has 1 unspecified atom stereocenters. The maximum atomic E-state index is 12.4. The van der Waals surface area contributed by atoms with Crippen molar-refractivity contribution in [3.8, 4) is 0 Å². The molecule has 0 fully saturated rings. The number of fused-ring (bicyclic) bond motifs is 1. The van der Waals surface area contributed by atoms with Crippen LogP contribution in [0.3, 0.4) is 0 Å². The monoisotopic (exact) mass is 276 g/mol. The predicted molar refractivity (Wildman–Crippen MR) is 75.0 cm³/mol. The second-order valence-electron chi connectivity index (χ2n) is 5.19. The van der Waals surface area contributed by atoms with Gasteiger partial charge in [0.05, 0.1) is 6.04 Å². The molecular formula is C15H20N2O3. The van der Waals surface area contributed by atoms with Crippen LogP contribution in [0.25, 0.3) is 0 Å². The van der Waals surface area contributed by atoms with Gasteiger partial charge < -0.3 is 15.7 Å². The molecular weight excluding hydrogens is 256 g/mol. The fourth-order valence-electron chi connectivity index (χ4n) is 2.62. The van der Waals surface area contributed by atoms with Crippen LogP contribution in [0.1, 0.15) is 30.9 Å². The Bertz CT molecular complexity index is 516. The van der Waals surface area contributed by atoms with Crippen LogP contribution in [0.4, 0.5) is 0 Å². The van der Waals surface area contributed by atoms with Crippen LogP contribution in [-0.2, 0) is 22.6 Å². The Morgan fingerprint density at radius 1 is 1.40 bits per heavy atom. The SMILES string of the molecule is CCC[C@H](N)C(=O)N1Cc2ccccc2CC1C(=O)O. The van der Waals surface area contributed by atoms with Gasteiger partial charge in [0.1, 0.15) is 6.04 Å². The normalized spacial score (nSPS) is 19.3. The van der Waals surface area contributed by atoms with Gasteiger partial charge in [0.2, 0.25) is 5.91 Å². The first-order valence-electron chi connectivity index (χ1n) is 6.90. The number of carbonyl (C=O) groups is 2. The van der Waals surface area contributed by atoms with E-state index in [1.807, 2.05) is 31.2 Å². The number of carbonyl (C=O) groups excluding carboxylic acids is 1. The van der Waals surface area contributed by atoms with Crippen molar-refractivity contribution in [1.82, 2.24) is 4.90 Å². The van der Waals surface area contributed by atoms with Gasteiger partial charge in [0, 0.05) is 13.0 Å². The zero-order valence-corrected chi connectivity index (χ0v) is 11.6. The topological polar surface area (TPSA) is 83.6 Å². The highest BCUT2D eigenvalue weighted by Gasteiger charge is 2.36. The largest absolute Gasteiger partial charge is 0.480 e. The number of nitrogens with two attached hydrogens (primary N) is 1. The van der Waals surface area contributed by atoms with Gasteiger partial charge in [0.25, 0.3) is 0 Å². The molecule has 2 rings (SSSR count). The molecule has 1 aliphatic rings. The molecule has 5 nitrogen and oxygen atoms in total. The third kappa shape index (κ3) is 2.82. The van der Waals surface area contributed by atoms with Crippen molar-refractivity contribution < 1.29 is 14.7 Å². The van der Waals surface area contributed by atoms with Gasteiger partial charge in [-0.2, -0.15) is 0 Å². The Morgan fingerprint density at radius 3 is 2.65 bits per heavy atom. The van der Waals surface area contributed by atoms with Crippen molar-refractivity contribution in [2.24, 2.45) is 5.73 Å². The lowest BCUT2D eigenvalue weighted by atomic mass is 9.93. The maximum absolute atomic E-state index is 12.4. The minimum absolute atomic E-state index is 0.270. The summed E-state index contributed by atoms with van der Waals surface area (Å²) in [5.74, 6) is -1.25. The molecule has 0 saturated carbocycles. The first kappa shape index (κ1) is 14.5. The number of aliphatic carboxylic acids is 1. The lowest BCUT2D eigenvalue weighted by molar-refractivity contribution is -0.152. The van der Waals surface area contributed by atoms with E-state index in [1.54, 1.807) is 0 Å². The van der Waals surface area contributed by atoms with E-state index in [9.17, 15) is 14.7 Å². The predicted octanol–water partition coefficient (Wildman–Crippen LogP) is 1.15. The molecule has 0 aromatic heterocycles. The summed E-state index contributed by atoms with van der Waals surface area (Å²) in [6.45, 7) is 2.27. The average molecular weight is 276 g/mol. The van der Waals surface area contributed by atoms with E-state index in [2.05, 4.69) is 0 Å². The van der Waals surface area contributed by atoms with E-state index in [-0.39, 0.29) is 5.91 Å². The van der Waals surface area contributed by atoms with Crippen molar-refractivity contribution in [2.45, 2.75) is 44.8 Å². The van der Waals surface area contributed by atoms with Crippen molar-refractivity contribution >= 4 is 11.9 Å². The van der Waals surface area contributed by atoms with Gasteiger partial charge in [-0.1, -0.05) is 37.6 Å². The summed E-state index contributed by atoms with van der Waals surface area (Å²) in [7, 11) is 0. The number of amides is 1. The Hall–Kier alpha value is -1.88. The average Bonchev–Trinajstić information content (AvgIpc) is 2.45. The molecule has 5 heteroatoms. The quantitative estimate of drug-likeness (QED) is 0.864. The van der Waals surface area contributed by atoms with Crippen molar-refractivity contribution in [1.29, 1.82) is 0 Å². The summed E-state index contributed by atoms with van der Waals surface area (Å²) in [6, 6.07) is 6.19. The lowest BCUT2D eigenvalue weighted by Crippen LogP contribution is -2.53. The molecule has 0 saturated heterocycles. The first-order chi connectivity index (χ1) is 9.54. The van der Waals surface area contributed by atoms with Gasteiger partial charge in [0.15, 0.2) is 0 Å². The van der Waals surface area contributed by atoms with E-state index >= 15 is 0 Å². The molecule has 20 heavy (non-hydrogen) atoms. The number of nitrogens with zero attached hydrogens (tertiary/aromatic N) is 1. The Kier molecular flexibility index (Phi) is 4.39. The van der Waals surface area contributed by atoms with Gasteiger partial charge >= 0.3 is 5.97 Å². The van der Waals surface area contributed by atoms with Crippen molar-refractivity contribution in [2.75, 3.05) is 0 Å². The summed E-state index contributed by atoms with van der Waals surface area (Å²) >= 11 is 0. The molecule has 1 aromatic rings. The lowest BCUT2D eigenvalue weighted by Gasteiger charge is -2.35. The van der Waals surface area contributed by atoms with Gasteiger partial charge in [-0.25, -0.2) is 4.79 Å². The molecule has 0 radical (unpaired) electrons. The number of hydrogen-bond donors (Lipinski definition) is 2. The molecule has 1 heterocycles. The van der Waals surface area contributed by atoms with E-state index in [0.29, 0.717) is 19.4 Å². The second-order valence-corrected chi connectivity index (χ2v) is 5.19. The molecule has 2 atom stereocenters. The highest BCUT2D eigenvalue weighted by molar-refractivity contribution is 5.87. The fourth-order valence-corrected chi connectivity index (χ4v) is 2.62. The third-order valence-corrected chi connectivity index (χ3v) is 3.73. The minimum Gasteiger partial charge on any atom is -0.480 e.